The summed E-state index contributed by atoms with van der Waals surface area (Å²) in [5.74, 6) is 2.82. The fourth-order valence-electron chi connectivity index (χ4n) is 3.57. The number of piperidine rings is 1. The molecule has 2 aliphatic rings. The number of furan rings is 1. The van der Waals surface area contributed by atoms with E-state index in [9.17, 15) is 5.11 Å². The van der Waals surface area contributed by atoms with Gasteiger partial charge >= 0.3 is 0 Å². The normalized spacial score (nSPS) is 23.3. The lowest BCUT2D eigenvalue weighted by Gasteiger charge is -2.36. The van der Waals surface area contributed by atoms with Gasteiger partial charge in [-0.05, 0) is 43.7 Å². The Morgan fingerprint density at radius 3 is 2.96 bits per heavy atom. The molecule has 1 saturated heterocycles. The number of fused-ring (bicyclic) bond motifs is 1. The minimum Gasteiger partial charge on any atom is -0.486 e. The summed E-state index contributed by atoms with van der Waals surface area (Å²) in [5.41, 5.74) is 1.19. The summed E-state index contributed by atoms with van der Waals surface area (Å²) in [6, 6.07) is 9.43. The molecule has 2 aromatic rings. The van der Waals surface area contributed by atoms with Crippen LogP contribution in [0.2, 0.25) is 0 Å². The number of β-amino-alcohol motifs (C(OH)–C–C–N with tert-alkyl or cyclic N) is 1. The zero-order valence-corrected chi connectivity index (χ0v) is 15.5. The SMILES string of the molecule is C/C(=C\c1ccco1)CN1CC[C@@H](Oc2cccc3c2OCCO3)[C@H](O)C1. The van der Waals surface area contributed by atoms with Gasteiger partial charge in [-0.15, -0.1) is 0 Å². The number of likely N-dealkylation sites (tertiary alicyclic amines) is 1. The smallest absolute Gasteiger partial charge is 0.203 e. The van der Waals surface area contributed by atoms with Crippen LogP contribution in [0, 0.1) is 0 Å². The van der Waals surface area contributed by atoms with Crippen molar-refractivity contribution in [3.8, 4) is 17.2 Å². The number of aliphatic hydroxyl groups excluding tert-OH is 1. The van der Waals surface area contributed by atoms with Crippen molar-refractivity contribution in [3.63, 3.8) is 0 Å². The van der Waals surface area contributed by atoms with Gasteiger partial charge < -0.3 is 23.7 Å². The third kappa shape index (κ3) is 4.28. The maximum absolute atomic E-state index is 10.6. The lowest BCUT2D eigenvalue weighted by molar-refractivity contribution is -0.0243. The predicted molar refractivity (Wildman–Crippen MR) is 101 cm³/mol. The van der Waals surface area contributed by atoms with E-state index in [0.29, 0.717) is 37.0 Å². The third-order valence-electron chi connectivity index (χ3n) is 4.82. The number of para-hydroxylation sites is 1. The molecule has 6 nitrogen and oxygen atoms in total. The quantitative estimate of drug-likeness (QED) is 0.872. The molecule has 6 heteroatoms. The molecule has 1 fully saturated rings. The maximum Gasteiger partial charge on any atom is 0.203 e. The van der Waals surface area contributed by atoms with Crippen LogP contribution in [0.15, 0.2) is 46.6 Å². The summed E-state index contributed by atoms with van der Waals surface area (Å²) in [5, 5.41) is 10.6. The van der Waals surface area contributed by atoms with Gasteiger partial charge in [-0.1, -0.05) is 11.6 Å². The van der Waals surface area contributed by atoms with E-state index in [4.69, 9.17) is 18.6 Å². The molecule has 0 radical (unpaired) electrons. The number of benzene rings is 1. The van der Waals surface area contributed by atoms with Crippen LogP contribution >= 0.6 is 0 Å². The molecule has 2 aliphatic heterocycles. The first-order valence-electron chi connectivity index (χ1n) is 9.35. The van der Waals surface area contributed by atoms with Gasteiger partial charge in [0.1, 0.15) is 31.2 Å². The number of aliphatic hydroxyl groups is 1. The Morgan fingerprint density at radius 2 is 2.15 bits per heavy atom. The van der Waals surface area contributed by atoms with Crippen molar-refractivity contribution >= 4 is 6.08 Å². The highest BCUT2D eigenvalue weighted by Gasteiger charge is 2.30. The number of hydrogen-bond donors (Lipinski definition) is 1. The van der Waals surface area contributed by atoms with Crippen molar-refractivity contribution in [1.82, 2.24) is 4.90 Å². The summed E-state index contributed by atoms with van der Waals surface area (Å²) < 4.78 is 22.7. The zero-order valence-electron chi connectivity index (χ0n) is 15.5. The molecule has 144 valence electrons. The molecular weight excluding hydrogens is 346 g/mol. The van der Waals surface area contributed by atoms with Gasteiger partial charge in [0.25, 0.3) is 0 Å². The van der Waals surface area contributed by atoms with Crippen LogP contribution in [0.1, 0.15) is 19.1 Å². The Hall–Kier alpha value is -2.44. The molecule has 1 N–H and O–H groups in total. The average Bonchev–Trinajstić information content (AvgIpc) is 3.17. The van der Waals surface area contributed by atoms with Gasteiger partial charge in [-0.25, -0.2) is 0 Å². The number of nitrogens with zero attached hydrogens (tertiary/aromatic N) is 1. The van der Waals surface area contributed by atoms with Crippen molar-refractivity contribution in [2.24, 2.45) is 0 Å². The largest absolute Gasteiger partial charge is 0.486 e. The van der Waals surface area contributed by atoms with Crippen molar-refractivity contribution < 1.29 is 23.7 Å². The van der Waals surface area contributed by atoms with Crippen LogP contribution < -0.4 is 14.2 Å². The summed E-state index contributed by atoms with van der Waals surface area (Å²) in [6.07, 6.45) is 3.63. The van der Waals surface area contributed by atoms with E-state index in [0.717, 1.165) is 25.3 Å². The minimum absolute atomic E-state index is 0.257. The van der Waals surface area contributed by atoms with Crippen molar-refractivity contribution in [2.45, 2.75) is 25.6 Å². The fourth-order valence-corrected chi connectivity index (χ4v) is 3.57. The molecule has 0 saturated carbocycles. The van der Waals surface area contributed by atoms with Crippen LogP contribution in [0.3, 0.4) is 0 Å². The second kappa shape index (κ2) is 8.06. The van der Waals surface area contributed by atoms with Gasteiger partial charge in [0.15, 0.2) is 11.5 Å². The highest BCUT2D eigenvalue weighted by atomic mass is 16.6. The number of ether oxygens (including phenoxy) is 3. The van der Waals surface area contributed by atoms with Crippen LogP contribution in [0.5, 0.6) is 17.2 Å². The lowest BCUT2D eigenvalue weighted by Crippen LogP contribution is -2.49. The minimum atomic E-state index is -0.560. The van der Waals surface area contributed by atoms with Crippen LogP contribution in [-0.2, 0) is 0 Å². The molecule has 4 rings (SSSR count). The second-order valence-electron chi connectivity index (χ2n) is 7.03. The molecule has 1 aromatic heterocycles. The van der Waals surface area contributed by atoms with Crippen LogP contribution in [-0.4, -0.2) is 55.1 Å². The van der Waals surface area contributed by atoms with Gasteiger partial charge in [0.05, 0.1) is 6.26 Å². The highest BCUT2D eigenvalue weighted by molar-refractivity contribution is 5.52. The Morgan fingerprint density at radius 1 is 1.26 bits per heavy atom. The standard InChI is InChI=1S/C21H25NO5/c1-15(12-16-4-3-9-24-16)13-22-8-7-18(17(23)14-22)27-20-6-2-5-19-21(20)26-11-10-25-19/h2-6,9,12,17-18,23H,7-8,10-11,13-14H2,1H3/b15-12+/t17-,18-/m1/s1. The first kappa shape index (κ1) is 17.9. The Bertz CT molecular complexity index is 786. The molecule has 1 aromatic carbocycles. The highest BCUT2D eigenvalue weighted by Crippen LogP contribution is 2.40. The Kier molecular flexibility index (Phi) is 5.36. The molecule has 0 spiro atoms. The molecule has 3 heterocycles. The van der Waals surface area contributed by atoms with Crippen LogP contribution in [0.25, 0.3) is 6.08 Å². The molecule has 0 aliphatic carbocycles. The van der Waals surface area contributed by atoms with Crippen molar-refractivity contribution in [1.29, 1.82) is 0 Å². The summed E-state index contributed by atoms with van der Waals surface area (Å²) >= 11 is 0. The Labute approximate surface area is 158 Å². The van der Waals surface area contributed by atoms with Crippen molar-refractivity contribution in [2.75, 3.05) is 32.8 Å². The zero-order chi connectivity index (χ0) is 18.6. The summed E-state index contributed by atoms with van der Waals surface area (Å²) in [6.45, 7) is 5.35. The second-order valence-corrected chi connectivity index (χ2v) is 7.03. The summed E-state index contributed by atoms with van der Waals surface area (Å²) in [7, 11) is 0. The predicted octanol–water partition coefficient (Wildman–Crippen LogP) is 2.97. The molecule has 0 unspecified atom stereocenters. The number of rotatable bonds is 5. The third-order valence-corrected chi connectivity index (χ3v) is 4.82. The average molecular weight is 371 g/mol. The van der Waals surface area contributed by atoms with Gasteiger partial charge in [-0.3, -0.25) is 4.90 Å². The first-order valence-corrected chi connectivity index (χ1v) is 9.35. The maximum atomic E-state index is 10.6. The molecule has 0 amide bonds. The molecule has 27 heavy (non-hydrogen) atoms. The van der Waals surface area contributed by atoms with E-state index in [1.165, 1.54) is 5.57 Å². The van der Waals surface area contributed by atoms with E-state index < -0.39 is 6.10 Å². The fraction of sp³-hybridized carbons (Fsp3) is 0.429. The van der Waals surface area contributed by atoms with Gasteiger partial charge in [0.2, 0.25) is 5.75 Å². The lowest BCUT2D eigenvalue weighted by atomic mass is 10.0. The van der Waals surface area contributed by atoms with Gasteiger partial charge in [0, 0.05) is 19.6 Å². The van der Waals surface area contributed by atoms with Crippen LogP contribution in [0.4, 0.5) is 0 Å². The monoisotopic (exact) mass is 371 g/mol. The van der Waals surface area contributed by atoms with E-state index in [-0.39, 0.29) is 6.10 Å². The molecule has 2 atom stereocenters. The van der Waals surface area contributed by atoms with Gasteiger partial charge in [-0.2, -0.15) is 0 Å². The van der Waals surface area contributed by atoms with E-state index in [1.807, 2.05) is 36.4 Å². The topological polar surface area (TPSA) is 64.3 Å². The van der Waals surface area contributed by atoms with Crippen molar-refractivity contribution in [3.05, 3.63) is 47.9 Å². The Balaban J connectivity index is 1.35. The first-order chi connectivity index (χ1) is 13.2. The molecular formula is C21H25NO5. The number of hydrogen-bond acceptors (Lipinski definition) is 6. The van der Waals surface area contributed by atoms with E-state index >= 15 is 0 Å². The summed E-state index contributed by atoms with van der Waals surface area (Å²) in [4.78, 5) is 2.24. The van der Waals surface area contributed by atoms with E-state index in [2.05, 4.69) is 11.8 Å². The molecule has 0 bridgehead atoms. The van der Waals surface area contributed by atoms with E-state index in [1.54, 1.807) is 6.26 Å².